The molecule has 1 aliphatic rings. The first-order valence-electron chi connectivity index (χ1n) is 6.65. The van der Waals surface area contributed by atoms with E-state index in [2.05, 4.69) is 42.6 Å². The van der Waals surface area contributed by atoms with Crippen LogP contribution in [-0.4, -0.2) is 19.8 Å². The SMILES string of the molecule is CCC(COC)NC(c1ccccc1)C1CC1. The Hall–Kier alpha value is -0.860. The van der Waals surface area contributed by atoms with Crippen LogP contribution in [-0.2, 0) is 4.74 Å². The Labute approximate surface area is 104 Å². The highest BCUT2D eigenvalue weighted by molar-refractivity contribution is 5.21. The second-order valence-corrected chi connectivity index (χ2v) is 4.95. The van der Waals surface area contributed by atoms with E-state index in [1.54, 1.807) is 7.11 Å². The van der Waals surface area contributed by atoms with Crippen molar-refractivity contribution in [3.63, 3.8) is 0 Å². The lowest BCUT2D eigenvalue weighted by molar-refractivity contribution is 0.156. The van der Waals surface area contributed by atoms with Gasteiger partial charge in [-0.3, -0.25) is 0 Å². The van der Waals surface area contributed by atoms with Crippen LogP contribution < -0.4 is 5.32 Å². The van der Waals surface area contributed by atoms with Crippen molar-refractivity contribution in [2.75, 3.05) is 13.7 Å². The highest BCUT2D eigenvalue weighted by atomic mass is 16.5. The summed E-state index contributed by atoms with van der Waals surface area (Å²) in [5.74, 6) is 0.823. The molecule has 1 aromatic carbocycles. The summed E-state index contributed by atoms with van der Waals surface area (Å²) in [6.45, 7) is 3.01. The highest BCUT2D eigenvalue weighted by Gasteiger charge is 2.33. The van der Waals surface area contributed by atoms with Crippen LogP contribution in [0.25, 0.3) is 0 Å². The third kappa shape index (κ3) is 3.55. The van der Waals surface area contributed by atoms with E-state index in [1.807, 2.05) is 0 Å². The number of rotatable bonds is 7. The van der Waals surface area contributed by atoms with E-state index in [1.165, 1.54) is 18.4 Å². The lowest BCUT2D eigenvalue weighted by Crippen LogP contribution is -2.36. The minimum atomic E-state index is 0.464. The van der Waals surface area contributed by atoms with Crippen molar-refractivity contribution in [1.29, 1.82) is 0 Å². The molecule has 94 valence electrons. The molecule has 17 heavy (non-hydrogen) atoms. The number of hydrogen-bond donors (Lipinski definition) is 1. The van der Waals surface area contributed by atoms with Crippen LogP contribution in [0.3, 0.4) is 0 Å². The molecule has 0 bridgehead atoms. The quantitative estimate of drug-likeness (QED) is 0.781. The number of benzene rings is 1. The molecule has 0 heterocycles. The summed E-state index contributed by atoms with van der Waals surface area (Å²) in [4.78, 5) is 0. The first-order valence-corrected chi connectivity index (χ1v) is 6.65. The Morgan fingerprint density at radius 2 is 2.00 bits per heavy atom. The average Bonchev–Trinajstić information content (AvgIpc) is 3.20. The maximum absolute atomic E-state index is 5.27. The van der Waals surface area contributed by atoms with Crippen molar-refractivity contribution >= 4 is 0 Å². The number of hydrogen-bond acceptors (Lipinski definition) is 2. The zero-order chi connectivity index (χ0) is 12.1. The molecule has 2 unspecified atom stereocenters. The molecule has 2 heteroatoms. The van der Waals surface area contributed by atoms with Crippen molar-refractivity contribution in [2.24, 2.45) is 5.92 Å². The van der Waals surface area contributed by atoms with Gasteiger partial charge < -0.3 is 10.1 Å². The van der Waals surface area contributed by atoms with Crippen LogP contribution in [0.4, 0.5) is 0 Å². The normalized spacial score (nSPS) is 18.9. The van der Waals surface area contributed by atoms with Crippen molar-refractivity contribution in [1.82, 2.24) is 5.32 Å². The summed E-state index contributed by atoms with van der Waals surface area (Å²) in [5, 5.41) is 3.76. The molecule has 2 rings (SSSR count). The molecule has 0 saturated heterocycles. The molecule has 1 N–H and O–H groups in total. The van der Waals surface area contributed by atoms with Crippen LogP contribution in [0.5, 0.6) is 0 Å². The molecule has 0 aliphatic heterocycles. The van der Waals surface area contributed by atoms with Gasteiger partial charge in [-0.05, 0) is 30.7 Å². The number of ether oxygens (including phenoxy) is 1. The topological polar surface area (TPSA) is 21.3 Å². The van der Waals surface area contributed by atoms with E-state index in [4.69, 9.17) is 4.74 Å². The third-order valence-corrected chi connectivity index (χ3v) is 3.53. The monoisotopic (exact) mass is 233 g/mol. The number of methoxy groups -OCH3 is 1. The van der Waals surface area contributed by atoms with Crippen LogP contribution in [0.15, 0.2) is 30.3 Å². The molecular weight excluding hydrogens is 210 g/mol. The summed E-state index contributed by atoms with van der Waals surface area (Å²) >= 11 is 0. The fraction of sp³-hybridized carbons (Fsp3) is 0.600. The average molecular weight is 233 g/mol. The summed E-state index contributed by atoms with van der Waals surface area (Å²) in [7, 11) is 1.78. The van der Waals surface area contributed by atoms with E-state index in [-0.39, 0.29) is 0 Å². The molecule has 0 aromatic heterocycles. The summed E-state index contributed by atoms with van der Waals surface area (Å²) in [5.41, 5.74) is 1.42. The van der Waals surface area contributed by atoms with E-state index >= 15 is 0 Å². The zero-order valence-electron chi connectivity index (χ0n) is 10.9. The third-order valence-electron chi connectivity index (χ3n) is 3.53. The predicted octanol–water partition coefficient (Wildman–Crippen LogP) is 3.15. The van der Waals surface area contributed by atoms with E-state index in [0.717, 1.165) is 18.9 Å². The van der Waals surface area contributed by atoms with Crippen LogP contribution in [0, 0.1) is 5.92 Å². The van der Waals surface area contributed by atoms with Crippen molar-refractivity contribution in [2.45, 2.75) is 38.3 Å². The van der Waals surface area contributed by atoms with Crippen molar-refractivity contribution in [3.05, 3.63) is 35.9 Å². The fourth-order valence-corrected chi connectivity index (χ4v) is 2.33. The molecule has 2 atom stereocenters. The van der Waals surface area contributed by atoms with E-state index in [9.17, 15) is 0 Å². The van der Waals surface area contributed by atoms with Gasteiger partial charge in [0.2, 0.25) is 0 Å². The van der Waals surface area contributed by atoms with Crippen LogP contribution in [0.2, 0.25) is 0 Å². The zero-order valence-corrected chi connectivity index (χ0v) is 10.9. The minimum absolute atomic E-state index is 0.464. The lowest BCUT2D eigenvalue weighted by Gasteiger charge is -2.25. The summed E-state index contributed by atoms with van der Waals surface area (Å²) < 4.78 is 5.27. The Morgan fingerprint density at radius 1 is 1.29 bits per heavy atom. The van der Waals surface area contributed by atoms with Crippen LogP contribution in [0.1, 0.15) is 37.8 Å². The molecule has 0 radical (unpaired) electrons. The molecule has 2 nitrogen and oxygen atoms in total. The van der Waals surface area contributed by atoms with Gasteiger partial charge >= 0.3 is 0 Å². The van der Waals surface area contributed by atoms with Crippen molar-refractivity contribution < 1.29 is 4.74 Å². The molecule has 1 aliphatic carbocycles. The van der Waals surface area contributed by atoms with Gasteiger partial charge in [-0.25, -0.2) is 0 Å². The van der Waals surface area contributed by atoms with Crippen LogP contribution >= 0.6 is 0 Å². The molecular formula is C15H23NO. The molecule has 0 spiro atoms. The molecule has 1 aromatic rings. The first-order chi connectivity index (χ1) is 8.35. The smallest absolute Gasteiger partial charge is 0.0615 e. The molecule has 0 amide bonds. The fourth-order valence-electron chi connectivity index (χ4n) is 2.33. The largest absolute Gasteiger partial charge is 0.383 e. The summed E-state index contributed by atoms with van der Waals surface area (Å²) in [6, 6.07) is 11.8. The van der Waals surface area contributed by atoms with E-state index < -0.39 is 0 Å². The first kappa shape index (κ1) is 12.6. The Balaban J connectivity index is 2.02. The highest BCUT2D eigenvalue weighted by Crippen LogP contribution is 2.41. The van der Waals surface area contributed by atoms with Gasteiger partial charge in [0.05, 0.1) is 6.61 Å². The van der Waals surface area contributed by atoms with Gasteiger partial charge in [-0.2, -0.15) is 0 Å². The lowest BCUT2D eigenvalue weighted by atomic mass is 10.0. The Kier molecular flexibility index (Phi) is 4.57. The second-order valence-electron chi connectivity index (χ2n) is 4.95. The van der Waals surface area contributed by atoms with Gasteiger partial charge in [0, 0.05) is 19.2 Å². The molecule has 1 fully saturated rings. The molecule has 1 saturated carbocycles. The van der Waals surface area contributed by atoms with Gasteiger partial charge in [0.25, 0.3) is 0 Å². The maximum Gasteiger partial charge on any atom is 0.0615 e. The summed E-state index contributed by atoms with van der Waals surface area (Å²) in [6.07, 6.45) is 3.83. The maximum atomic E-state index is 5.27. The number of nitrogens with one attached hydrogen (secondary N) is 1. The van der Waals surface area contributed by atoms with Crippen molar-refractivity contribution in [3.8, 4) is 0 Å². The Bertz CT molecular complexity index is 321. The predicted molar refractivity (Wildman–Crippen MR) is 71.0 cm³/mol. The second kappa shape index (κ2) is 6.18. The minimum Gasteiger partial charge on any atom is -0.383 e. The van der Waals surface area contributed by atoms with Gasteiger partial charge in [-0.15, -0.1) is 0 Å². The van der Waals surface area contributed by atoms with E-state index in [0.29, 0.717) is 12.1 Å². The van der Waals surface area contributed by atoms with Gasteiger partial charge in [0.1, 0.15) is 0 Å². The van der Waals surface area contributed by atoms with Gasteiger partial charge in [-0.1, -0.05) is 37.3 Å². The Morgan fingerprint density at radius 3 is 2.53 bits per heavy atom. The standard InChI is InChI=1S/C15H23NO/c1-3-14(11-17-2)16-15(13-9-10-13)12-7-5-4-6-8-12/h4-8,13-16H,3,9-11H2,1-2H3. The van der Waals surface area contributed by atoms with Gasteiger partial charge in [0.15, 0.2) is 0 Å².